The van der Waals surface area contributed by atoms with Gasteiger partial charge in [0.25, 0.3) is 0 Å². The Morgan fingerprint density at radius 3 is 2.44 bits per heavy atom. The Kier molecular flexibility index (Phi) is 4.67. The normalized spacial score (nSPS) is 11.3. The van der Waals surface area contributed by atoms with E-state index in [1.165, 1.54) is 12.1 Å². The summed E-state index contributed by atoms with van der Waals surface area (Å²) in [5.74, 6) is -2.00. The van der Waals surface area contributed by atoms with Gasteiger partial charge in [-0.15, -0.1) is 0 Å². The summed E-state index contributed by atoms with van der Waals surface area (Å²) in [6.45, 7) is 3.61. The highest BCUT2D eigenvalue weighted by Crippen LogP contribution is 2.22. The zero-order chi connectivity index (χ0) is 13.8. The number of aromatic carboxylic acids is 1. The Morgan fingerprint density at radius 1 is 1.39 bits per heavy atom. The van der Waals surface area contributed by atoms with Crippen molar-refractivity contribution < 1.29 is 24.1 Å². The second-order valence-corrected chi connectivity index (χ2v) is 4.17. The summed E-state index contributed by atoms with van der Waals surface area (Å²) in [6, 6.07) is 3.41. The molecule has 0 amide bonds. The van der Waals surface area contributed by atoms with Crippen LogP contribution in [0.2, 0.25) is 0 Å². The number of carboxylic acids is 1. The van der Waals surface area contributed by atoms with Crippen LogP contribution >= 0.6 is 0 Å². The van der Waals surface area contributed by atoms with Gasteiger partial charge >= 0.3 is 5.97 Å². The highest BCUT2D eigenvalue weighted by molar-refractivity contribution is 5.87. The molecule has 1 aromatic rings. The lowest BCUT2D eigenvalue weighted by atomic mass is 9.99. The van der Waals surface area contributed by atoms with Gasteiger partial charge < -0.3 is 14.9 Å². The summed E-state index contributed by atoms with van der Waals surface area (Å²) >= 11 is 0. The number of rotatable bonds is 6. The van der Waals surface area contributed by atoms with Crippen LogP contribution in [-0.4, -0.2) is 28.4 Å². The van der Waals surface area contributed by atoms with Gasteiger partial charge in [-0.3, -0.25) is 0 Å². The smallest absolute Gasteiger partial charge is 0.335 e. The molecule has 4 nitrogen and oxygen atoms in total. The number of carbonyl (C=O) groups is 1. The maximum absolute atomic E-state index is 13.5. The van der Waals surface area contributed by atoms with E-state index in [0.717, 1.165) is 6.07 Å². The molecule has 0 fully saturated rings. The van der Waals surface area contributed by atoms with Gasteiger partial charge in [0.2, 0.25) is 0 Å². The molecule has 0 unspecified atom stereocenters. The van der Waals surface area contributed by atoms with Crippen LogP contribution in [0.1, 0.15) is 37.0 Å². The number of halogens is 1. The highest BCUT2D eigenvalue weighted by atomic mass is 19.1. The van der Waals surface area contributed by atoms with Crippen molar-refractivity contribution in [2.45, 2.75) is 32.3 Å². The maximum atomic E-state index is 13.5. The first kappa shape index (κ1) is 14.4. The average molecular weight is 256 g/mol. The van der Waals surface area contributed by atoms with E-state index in [2.05, 4.69) is 0 Å². The first-order valence-corrected chi connectivity index (χ1v) is 5.80. The standard InChI is InChI=1S/C13H17FO4/c1-3-13(17,4-2)8-18-11-6-5-9(12(15)16)7-10(11)14/h5-7,17H,3-4,8H2,1-2H3,(H,15,16). The molecule has 0 aliphatic heterocycles. The molecule has 0 heterocycles. The van der Waals surface area contributed by atoms with E-state index in [1.807, 2.05) is 13.8 Å². The molecule has 2 N–H and O–H groups in total. The van der Waals surface area contributed by atoms with Gasteiger partial charge in [0.05, 0.1) is 11.2 Å². The molecule has 0 spiro atoms. The number of carboxylic acid groups (broad SMARTS) is 1. The van der Waals surface area contributed by atoms with Gasteiger partial charge in [-0.2, -0.15) is 0 Å². The highest BCUT2D eigenvalue weighted by Gasteiger charge is 2.23. The molecule has 0 saturated carbocycles. The first-order valence-electron chi connectivity index (χ1n) is 5.80. The Hall–Kier alpha value is -1.62. The van der Waals surface area contributed by atoms with Crippen LogP contribution in [0.5, 0.6) is 5.75 Å². The first-order chi connectivity index (χ1) is 8.41. The second kappa shape index (κ2) is 5.82. The van der Waals surface area contributed by atoms with Gasteiger partial charge in [-0.05, 0) is 31.0 Å². The monoisotopic (exact) mass is 256 g/mol. The summed E-state index contributed by atoms with van der Waals surface area (Å²) in [7, 11) is 0. The van der Waals surface area contributed by atoms with Crippen LogP contribution in [-0.2, 0) is 0 Å². The second-order valence-electron chi connectivity index (χ2n) is 4.17. The molecule has 1 aromatic carbocycles. The molecule has 0 radical (unpaired) electrons. The zero-order valence-corrected chi connectivity index (χ0v) is 10.4. The van der Waals surface area contributed by atoms with Crippen molar-refractivity contribution in [3.63, 3.8) is 0 Å². The minimum Gasteiger partial charge on any atom is -0.488 e. The van der Waals surface area contributed by atoms with Gasteiger partial charge in [0.15, 0.2) is 11.6 Å². The van der Waals surface area contributed by atoms with Crippen molar-refractivity contribution in [2.24, 2.45) is 0 Å². The summed E-state index contributed by atoms with van der Waals surface area (Å²) < 4.78 is 18.7. The van der Waals surface area contributed by atoms with Gasteiger partial charge in [-0.25, -0.2) is 9.18 Å². The lowest BCUT2D eigenvalue weighted by molar-refractivity contribution is -0.0123. The van der Waals surface area contributed by atoms with Crippen molar-refractivity contribution in [1.82, 2.24) is 0 Å². The molecule has 0 atom stereocenters. The lowest BCUT2D eigenvalue weighted by Gasteiger charge is -2.25. The maximum Gasteiger partial charge on any atom is 0.335 e. The van der Waals surface area contributed by atoms with E-state index < -0.39 is 17.4 Å². The molecule has 0 aliphatic carbocycles. The zero-order valence-electron chi connectivity index (χ0n) is 10.4. The van der Waals surface area contributed by atoms with Crippen LogP contribution in [0.3, 0.4) is 0 Å². The van der Waals surface area contributed by atoms with E-state index in [0.29, 0.717) is 12.8 Å². The molecule has 0 saturated heterocycles. The van der Waals surface area contributed by atoms with E-state index in [-0.39, 0.29) is 17.9 Å². The van der Waals surface area contributed by atoms with E-state index >= 15 is 0 Å². The van der Waals surface area contributed by atoms with Gasteiger partial charge in [0.1, 0.15) is 6.61 Å². The van der Waals surface area contributed by atoms with Crippen molar-refractivity contribution in [3.8, 4) is 5.75 Å². The van der Waals surface area contributed by atoms with Crippen molar-refractivity contribution >= 4 is 5.97 Å². The quantitative estimate of drug-likeness (QED) is 0.820. The van der Waals surface area contributed by atoms with Gasteiger partial charge in [-0.1, -0.05) is 13.8 Å². The summed E-state index contributed by atoms with van der Waals surface area (Å²) in [4.78, 5) is 10.6. The van der Waals surface area contributed by atoms with Crippen LogP contribution in [0.25, 0.3) is 0 Å². The Morgan fingerprint density at radius 2 is 2.00 bits per heavy atom. The van der Waals surface area contributed by atoms with Gasteiger partial charge in [0, 0.05) is 0 Å². The number of hydrogen-bond donors (Lipinski definition) is 2. The Bertz CT molecular complexity index is 427. The Labute approximate surface area is 105 Å². The Balaban J connectivity index is 2.77. The number of aliphatic hydroxyl groups is 1. The largest absolute Gasteiger partial charge is 0.488 e. The van der Waals surface area contributed by atoms with Crippen molar-refractivity contribution in [1.29, 1.82) is 0 Å². The molecular formula is C13H17FO4. The van der Waals surface area contributed by atoms with Crippen molar-refractivity contribution in [2.75, 3.05) is 6.61 Å². The molecule has 0 aliphatic rings. The van der Waals surface area contributed by atoms with E-state index in [4.69, 9.17) is 9.84 Å². The third kappa shape index (κ3) is 3.43. The predicted molar refractivity (Wildman–Crippen MR) is 64.4 cm³/mol. The SMILES string of the molecule is CCC(O)(CC)COc1ccc(C(=O)O)cc1F. The fraction of sp³-hybridized carbons (Fsp3) is 0.462. The van der Waals surface area contributed by atoms with E-state index in [1.54, 1.807) is 0 Å². The molecule has 1 rings (SSSR count). The molecule has 0 bridgehead atoms. The fourth-order valence-corrected chi connectivity index (χ4v) is 1.42. The molecular weight excluding hydrogens is 239 g/mol. The predicted octanol–water partition coefficient (Wildman–Crippen LogP) is 2.45. The molecule has 5 heteroatoms. The molecule has 0 aromatic heterocycles. The van der Waals surface area contributed by atoms with Crippen molar-refractivity contribution in [3.05, 3.63) is 29.6 Å². The minimum absolute atomic E-state index is 0.0245. The fourth-order valence-electron chi connectivity index (χ4n) is 1.42. The lowest BCUT2D eigenvalue weighted by Crippen LogP contribution is -2.34. The number of ether oxygens (including phenoxy) is 1. The van der Waals surface area contributed by atoms with E-state index in [9.17, 15) is 14.3 Å². The average Bonchev–Trinajstić information content (AvgIpc) is 2.36. The summed E-state index contributed by atoms with van der Waals surface area (Å²) in [5, 5.41) is 18.7. The topological polar surface area (TPSA) is 66.8 Å². The van der Waals surface area contributed by atoms with Crippen LogP contribution in [0, 0.1) is 5.82 Å². The van der Waals surface area contributed by atoms with Crippen LogP contribution < -0.4 is 4.74 Å². The minimum atomic E-state index is -1.20. The summed E-state index contributed by atoms with van der Waals surface area (Å²) in [5.41, 5.74) is -1.13. The van der Waals surface area contributed by atoms with Crippen LogP contribution in [0.4, 0.5) is 4.39 Å². The number of hydrogen-bond acceptors (Lipinski definition) is 3. The third-order valence-electron chi connectivity index (χ3n) is 2.99. The number of benzene rings is 1. The third-order valence-corrected chi connectivity index (χ3v) is 2.99. The van der Waals surface area contributed by atoms with Crippen LogP contribution in [0.15, 0.2) is 18.2 Å². The molecule has 100 valence electrons. The summed E-state index contributed by atoms with van der Waals surface area (Å²) in [6.07, 6.45) is 0.997. The molecule has 18 heavy (non-hydrogen) atoms.